The highest BCUT2D eigenvalue weighted by atomic mass is 16.5. The van der Waals surface area contributed by atoms with Gasteiger partial charge in [-0.15, -0.1) is 0 Å². The summed E-state index contributed by atoms with van der Waals surface area (Å²) < 4.78 is 4.76. The Morgan fingerprint density at radius 2 is 2.00 bits per heavy atom. The van der Waals surface area contributed by atoms with Crippen molar-refractivity contribution in [1.82, 2.24) is 0 Å². The van der Waals surface area contributed by atoms with Crippen molar-refractivity contribution in [2.45, 2.75) is 45.6 Å². The van der Waals surface area contributed by atoms with Crippen LogP contribution in [0.4, 0.5) is 0 Å². The lowest BCUT2D eigenvalue weighted by Gasteiger charge is -2.26. The zero-order chi connectivity index (χ0) is 11.9. The van der Waals surface area contributed by atoms with E-state index in [4.69, 9.17) is 10.00 Å². The summed E-state index contributed by atoms with van der Waals surface area (Å²) in [5, 5.41) is 18.8. The average molecular weight is 213 g/mol. The average Bonchev–Trinajstić information content (AvgIpc) is 2.26. The first kappa shape index (κ1) is 13.9. The zero-order valence-electron chi connectivity index (χ0n) is 9.62. The van der Waals surface area contributed by atoms with Crippen LogP contribution in [0.15, 0.2) is 0 Å². The fourth-order valence-electron chi connectivity index (χ4n) is 1.34. The molecule has 0 heterocycles. The lowest BCUT2D eigenvalue weighted by Crippen LogP contribution is -2.32. The zero-order valence-corrected chi connectivity index (χ0v) is 9.62. The van der Waals surface area contributed by atoms with E-state index in [2.05, 4.69) is 0 Å². The van der Waals surface area contributed by atoms with Gasteiger partial charge in [0, 0.05) is 6.42 Å². The Labute approximate surface area is 90.9 Å². The van der Waals surface area contributed by atoms with Crippen molar-refractivity contribution < 1.29 is 14.6 Å². The van der Waals surface area contributed by atoms with Gasteiger partial charge in [0.15, 0.2) is 0 Å². The molecule has 0 aromatic rings. The predicted molar refractivity (Wildman–Crippen MR) is 55.9 cm³/mol. The predicted octanol–water partition coefficient (Wildman–Crippen LogP) is 1.63. The van der Waals surface area contributed by atoms with E-state index in [1.165, 1.54) is 0 Å². The van der Waals surface area contributed by atoms with Crippen LogP contribution in [0, 0.1) is 17.2 Å². The smallest absolute Gasteiger partial charge is 0.323 e. The van der Waals surface area contributed by atoms with Gasteiger partial charge in [0.1, 0.15) is 5.92 Å². The van der Waals surface area contributed by atoms with Gasteiger partial charge >= 0.3 is 5.97 Å². The van der Waals surface area contributed by atoms with Gasteiger partial charge in [-0.25, -0.2) is 0 Å². The molecule has 0 rings (SSSR count). The van der Waals surface area contributed by atoms with Crippen LogP contribution in [0.5, 0.6) is 0 Å². The van der Waals surface area contributed by atoms with Crippen LogP contribution in [0.1, 0.15) is 40.0 Å². The largest absolute Gasteiger partial charge is 0.465 e. The number of nitriles is 1. The Balaban J connectivity index is 4.46. The second-order valence-corrected chi connectivity index (χ2v) is 3.57. The van der Waals surface area contributed by atoms with Crippen LogP contribution < -0.4 is 0 Å². The Bertz CT molecular complexity index is 241. The van der Waals surface area contributed by atoms with E-state index in [0.717, 1.165) is 0 Å². The molecular weight excluding hydrogens is 194 g/mol. The summed E-state index contributed by atoms with van der Waals surface area (Å²) in [5.41, 5.74) is -0.937. The number of hydrogen-bond donors (Lipinski definition) is 1. The van der Waals surface area contributed by atoms with Crippen molar-refractivity contribution in [2.75, 3.05) is 6.61 Å². The van der Waals surface area contributed by atoms with Gasteiger partial charge in [-0.1, -0.05) is 13.8 Å². The molecule has 0 spiro atoms. The molecular formula is C11H19NO3. The molecule has 15 heavy (non-hydrogen) atoms. The van der Waals surface area contributed by atoms with Gasteiger partial charge in [-0.05, 0) is 19.8 Å². The fraction of sp³-hybridized carbons (Fsp3) is 0.818. The Morgan fingerprint density at radius 1 is 1.47 bits per heavy atom. The minimum atomic E-state index is -0.937. The van der Waals surface area contributed by atoms with Crippen LogP contribution in [-0.4, -0.2) is 23.3 Å². The van der Waals surface area contributed by atoms with Gasteiger partial charge in [0.25, 0.3) is 0 Å². The quantitative estimate of drug-likeness (QED) is 0.681. The number of hydrogen-bond acceptors (Lipinski definition) is 4. The highest BCUT2D eigenvalue weighted by Gasteiger charge is 2.31. The van der Waals surface area contributed by atoms with Crippen molar-refractivity contribution in [3.05, 3.63) is 0 Å². The van der Waals surface area contributed by atoms with Gasteiger partial charge in [-0.2, -0.15) is 5.26 Å². The normalized spacial score (nSPS) is 13.0. The van der Waals surface area contributed by atoms with Gasteiger partial charge < -0.3 is 9.84 Å². The number of carbonyl (C=O) groups is 1. The summed E-state index contributed by atoms with van der Waals surface area (Å²) in [6.07, 6.45) is 1.21. The molecule has 0 aromatic carbocycles. The van der Waals surface area contributed by atoms with Crippen molar-refractivity contribution in [3.63, 3.8) is 0 Å². The topological polar surface area (TPSA) is 70.3 Å². The SMILES string of the molecule is CCOC(=O)C(C#N)CC(O)(CC)CC. The number of nitrogens with zero attached hydrogens (tertiary/aromatic N) is 1. The summed E-state index contributed by atoms with van der Waals surface area (Å²) in [7, 11) is 0. The van der Waals surface area contributed by atoms with Crippen LogP contribution in [-0.2, 0) is 9.53 Å². The maximum atomic E-state index is 11.3. The minimum absolute atomic E-state index is 0.148. The number of carbonyl (C=O) groups excluding carboxylic acids is 1. The summed E-state index contributed by atoms with van der Waals surface area (Å²) >= 11 is 0. The highest BCUT2D eigenvalue weighted by Crippen LogP contribution is 2.24. The molecule has 0 aliphatic carbocycles. The molecule has 0 amide bonds. The van der Waals surface area contributed by atoms with E-state index < -0.39 is 17.5 Å². The number of aliphatic hydroxyl groups is 1. The van der Waals surface area contributed by atoms with Crippen molar-refractivity contribution in [1.29, 1.82) is 5.26 Å². The summed E-state index contributed by atoms with van der Waals surface area (Å²) in [5.74, 6) is -1.41. The molecule has 1 unspecified atom stereocenters. The molecule has 0 radical (unpaired) electrons. The van der Waals surface area contributed by atoms with Gasteiger partial charge in [-0.3, -0.25) is 4.79 Å². The van der Waals surface area contributed by atoms with E-state index in [0.29, 0.717) is 12.8 Å². The molecule has 0 saturated carbocycles. The molecule has 4 heteroatoms. The molecule has 0 bridgehead atoms. The van der Waals surface area contributed by atoms with E-state index in [9.17, 15) is 9.90 Å². The lowest BCUT2D eigenvalue weighted by molar-refractivity contribution is -0.148. The van der Waals surface area contributed by atoms with E-state index in [-0.39, 0.29) is 13.0 Å². The van der Waals surface area contributed by atoms with Crippen molar-refractivity contribution in [2.24, 2.45) is 5.92 Å². The molecule has 1 atom stereocenters. The Kier molecular flexibility index (Phi) is 5.95. The van der Waals surface area contributed by atoms with Crippen LogP contribution >= 0.6 is 0 Å². The molecule has 1 N–H and O–H groups in total. The number of ether oxygens (including phenoxy) is 1. The van der Waals surface area contributed by atoms with Crippen molar-refractivity contribution >= 4 is 5.97 Å². The molecule has 86 valence electrons. The molecule has 0 fully saturated rings. The first-order valence-electron chi connectivity index (χ1n) is 5.31. The van der Waals surface area contributed by atoms with Gasteiger partial charge in [0.2, 0.25) is 0 Å². The summed E-state index contributed by atoms with van der Waals surface area (Å²) in [6, 6.07) is 1.88. The third kappa shape index (κ3) is 4.30. The Morgan fingerprint density at radius 3 is 2.33 bits per heavy atom. The second-order valence-electron chi connectivity index (χ2n) is 3.57. The molecule has 0 aromatic heterocycles. The number of rotatable bonds is 6. The minimum Gasteiger partial charge on any atom is -0.465 e. The van der Waals surface area contributed by atoms with E-state index in [1.54, 1.807) is 6.92 Å². The third-order valence-corrected chi connectivity index (χ3v) is 2.63. The standard InChI is InChI=1S/C11H19NO3/c1-4-11(14,5-2)7-9(8-12)10(13)15-6-3/h9,14H,4-7H2,1-3H3. The van der Waals surface area contributed by atoms with Gasteiger partial charge in [0.05, 0.1) is 18.3 Å². The first-order valence-corrected chi connectivity index (χ1v) is 5.31. The lowest BCUT2D eigenvalue weighted by atomic mass is 9.87. The molecule has 0 aliphatic heterocycles. The Hall–Kier alpha value is -1.08. The second kappa shape index (κ2) is 6.41. The highest BCUT2D eigenvalue weighted by molar-refractivity contribution is 5.75. The monoisotopic (exact) mass is 213 g/mol. The first-order chi connectivity index (χ1) is 7.02. The van der Waals surface area contributed by atoms with Crippen LogP contribution in [0.3, 0.4) is 0 Å². The van der Waals surface area contributed by atoms with Crippen LogP contribution in [0.25, 0.3) is 0 Å². The molecule has 0 saturated heterocycles. The van der Waals surface area contributed by atoms with E-state index in [1.807, 2.05) is 19.9 Å². The maximum Gasteiger partial charge on any atom is 0.323 e. The maximum absolute atomic E-state index is 11.3. The summed E-state index contributed by atoms with van der Waals surface area (Å²) in [4.78, 5) is 11.3. The molecule has 0 aliphatic rings. The van der Waals surface area contributed by atoms with Crippen LogP contribution in [0.2, 0.25) is 0 Å². The third-order valence-electron chi connectivity index (χ3n) is 2.63. The number of esters is 1. The van der Waals surface area contributed by atoms with Crippen molar-refractivity contribution in [3.8, 4) is 6.07 Å². The van der Waals surface area contributed by atoms with E-state index >= 15 is 0 Å². The molecule has 4 nitrogen and oxygen atoms in total. The summed E-state index contributed by atoms with van der Waals surface area (Å²) in [6.45, 7) is 5.62. The fourth-order valence-corrected chi connectivity index (χ4v) is 1.34.